The lowest BCUT2D eigenvalue weighted by molar-refractivity contribution is -0.120. The lowest BCUT2D eigenvalue weighted by atomic mass is 10.1. The van der Waals surface area contributed by atoms with Crippen LogP contribution in [-0.4, -0.2) is 25.1 Å². The number of ketones is 1. The van der Waals surface area contributed by atoms with E-state index < -0.39 is 21.8 Å². The van der Waals surface area contributed by atoms with E-state index in [4.69, 9.17) is 11.6 Å². The number of aromatic nitrogens is 1. The minimum absolute atomic E-state index is 0.0390. The van der Waals surface area contributed by atoms with Crippen molar-refractivity contribution in [1.82, 2.24) is 9.71 Å². The van der Waals surface area contributed by atoms with Crippen LogP contribution >= 0.6 is 11.6 Å². The Balaban J connectivity index is 1.78. The molecule has 1 heterocycles. The molecule has 0 spiro atoms. The second-order valence-corrected chi connectivity index (χ2v) is 7.96. The molecule has 1 amide bonds. The summed E-state index contributed by atoms with van der Waals surface area (Å²) in [6, 6.07) is 7.56. The van der Waals surface area contributed by atoms with Gasteiger partial charge in [-0.2, -0.15) is 0 Å². The van der Waals surface area contributed by atoms with Crippen LogP contribution in [0.5, 0.6) is 0 Å². The Labute approximate surface area is 150 Å². The number of Topliss-reactive ketones (excluding diaryl/α,β-unsaturated/α-hetero) is 1. The van der Waals surface area contributed by atoms with Crippen molar-refractivity contribution in [3.05, 3.63) is 58.9 Å². The fourth-order valence-electron chi connectivity index (χ4n) is 2.64. The molecule has 1 aromatic carbocycles. The van der Waals surface area contributed by atoms with E-state index in [9.17, 15) is 18.0 Å². The molecule has 0 aliphatic heterocycles. The molecule has 0 bridgehead atoms. The fraction of sp³-hybridized carbons (Fsp3) is 0.235. The highest BCUT2D eigenvalue weighted by Crippen LogP contribution is 2.47. The molecular formula is C17H15ClN2O4S. The van der Waals surface area contributed by atoms with Crippen molar-refractivity contribution in [3.8, 4) is 0 Å². The number of pyridine rings is 1. The summed E-state index contributed by atoms with van der Waals surface area (Å²) in [5, 5.41) is -0.0510. The van der Waals surface area contributed by atoms with Gasteiger partial charge in [-0.15, -0.1) is 0 Å². The SMILES string of the molecule is CC(=O)c1ccc(Cl)c(S(=O)(=O)NC(=O)[C@H]2C[C@H]2c2cccnc2)c1. The van der Waals surface area contributed by atoms with Gasteiger partial charge in [-0.25, -0.2) is 13.1 Å². The highest BCUT2D eigenvalue weighted by Gasteiger charge is 2.45. The number of hydrogen-bond acceptors (Lipinski definition) is 5. The zero-order chi connectivity index (χ0) is 18.2. The van der Waals surface area contributed by atoms with Gasteiger partial charge in [0.2, 0.25) is 5.91 Å². The average Bonchev–Trinajstić information content (AvgIpc) is 3.36. The van der Waals surface area contributed by atoms with Crippen LogP contribution < -0.4 is 4.72 Å². The van der Waals surface area contributed by atoms with Gasteiger partial charge in [-0.1, -0.05) is 17.7 Å². The molecule has 1 aliphatic carbocycles. The smallest absolute Gasteiger partial charge is 0.265 e. The normalized spacial score (nSPS) is 19.3. The summed E-state index contributed by atoms with van der Waals surface area (Å²) in [4.78, 5) is 27.4. The molecular weight excluding hydrogens is 364 g/mol. The zero-order valence-corrected chi connectivity index (χ0v) is 14.8. The number of nitrogens with one attached hydrogen (secondary N) is 1. The first-order valence-corrected chi connectivity index (χ1v) is 9.43. The standard InChI is InChI=1S/C17H15ClN2O4S/c1-10(21)11-4-5-15(18)16(7-11)25(23,24)20-17(22)14-8-13(14)12-3-2-6-19-9-12/h2-7,9,13-14H,8H2,1H3,(H,20,22)/t13-,14-/m0/s1. The van der Waals surface area contributed by atoms with Crippen LogP contribution in [0, 0.1) is 5.92 Å². The number of sulfonamides is 1. The maximum atomic E-state index is 12.5. The number of carbonyl (C=O) groups is 2. The number of benzene rings is 1. The van der Waals surface area contributed by atoms with Gasteiger partial charge in [0.05, 0.1) is 5.02 Å². The number of nitrogens with zero attached hydrogens (tertiary/aromatic N) is 1. The lowest BCUT2D eigenvalue weighted by Gasteiger charge is -2.09. The summed E-state index contributed by atoms with van der Waals surface area (Å²) in [5.74, 6) is -1.34. The van der Waals surface area contributed by atoms with Gasteiger partial charge in [0.1, 0.15) is 4.90 Å². The summed E-state index contributed by atoms with van der Waals surface area (Å²) in [6.45, 7) is 1.32. The first-order valence-electron chi connectivity index (χ1n) is 7.56. The first-order chi connectivity index (χ1) is 11.8. The van der Waals surface area contributed by atoms with Crippen molar-refractivity contribution < 1.29 is 18.0 Å². The molecule has 2 atom stereocenters. The van der Waals surface area contributed by atoms with Crippen molar-refractivity contribution in [2.75, 3.05) is 0 Å². The molecule has 1 N–H and O–H groups in total. The maximum Gasteiger partial charge on any atom is 0.265 e. The topological polar surface area (TPSA) is 93.2 Å². The van der Waals surface area contributed by atoms with Gasteiger partial charge in [-0.05, 0) is 49.1 Å². The van der Waals surface area contributed by atoms with Crippen LogP contribution in [0.15, 0.2) is 47.6 Å². The summed E-state index contributed by atoms with van der Waals surface area (Å²) in [5.41, 5.74) is 1.11. The molecule has 2 aromatic rings. The molecule has 25 heavy (non-hydrogen) atoms. The summed E-state index contributed by atoms with van der Waals surface area (Å²) < 4.78 is 27.0. The van der Waals surface area contributed by atoms with Gasteiger partial charge in [-0.3, -0.25) is 14.6 Å². The van der Waals surface area contributed by atoms with Crippen molar-refractivity contribution in [2.24, 2.45) is 5.92 Å². The number of rotatable bonds is 5. The molecule has 1 saturated carbocycles. The van der Waals surface area contributed by atoms with E-state index in [1.54, 1.807) is 18.5 Å². The molecule has 8 heteroatoms. The van der Waals surface area contributed by atoms with Gasteiger partial charge in [0.15, 0.2) is 5.78 Å². The molecule has 1 aromatic heterocycles. The van der Waals surface area contributed by atoms with Crippen LogP contribution in [0.25, 0.3) is 0 Å². The number of amides is 1. The van der Waals surface area contributed by atoms with Crippen molar-refractivity contribution in [1.29, 1.82) is 0 Å². The lowest BCUT2D eigenvalue weighted by Crippen LogP contribution is -2.32. The molecule has 1 fully saturated rings. The Hall–Kier alpha value is -2.25. The van der Waals surface area contributed by atoms with E-state index in [1.807, 2.05) is 6.07 Å². The molecule has 130 valence electrons. The first kappa shape index (κ1) is 17.6. The summed E-state index contributed by atoms with van der Waals surface area (Å²) >= 11 is 5.94. The number of halogens is 1. The quantitative estimate of drug-likeness (QED) is 0.807. The Morgan fingerprint density at radius 3 is 2.68 bits per heavy atom. The van der Waals surface area contributed by atoms with Gasteiger partial charge in [0.25, 0.3) is 10.0 Å². The summed E-state index contributed by atoms with van der Waals surface area (Å²) in [6.07, 6.45) is 3.86. The van der Waals surface area contributed by atoms with E-state index in [0.717, 1.165) is 5.56 Å². The molecule has 3 rings (SSSR count). The van der Waals surface area contributed by atoms with Crippen LogP contribution in [0.2, 0.25) is 5.02 Å². The molecule has 0 radical (unpaired) electrons. The average molecular weight is 379 g/mol. The van der Waals surface area contributed by atoms with Crippen molar-refractivity contribution in [2.45, 2.75) is 24.2 Å². The predicted molar refractivity (Wildman–Crippen MR) is 91.9 cm³/mol. The minimum Gasteiger partial charge on any atom is -0.295 e. The Morgan fingerprint density at radius 1 is 1.28 bits per heavy atom. The fourth-order valence-corrected chi connectivity index (χ4v) is 4.20. The number of carbonyl (C=O) groups excluding carboxylic acids is 2. The number of hydrogen-bond donors (Lipinski definition) is 1. The van der Waals surface area contributed by atoms with Gasteiger partial charge >= 0.3 is 0 Å². The Kier molecular flexibility index (Phi) is 4.62. The van der Waals surface area contributed by atoms with Crippen molar-refractivity contribution in [3.63, 3.8) is 0 Å². The molecule has 0 saturated heterocycles. The van der Waals surface area contributed by atoms with Crippen molar-refractivity contribution >= 4 is 33.3 Å². The molecule has 6 nitrogen and oxygen atoms in total. The third kappa shape index (κ3) is 3.72. The highest BCUT2D eigenvalue weighted by molar-refractivity contribution is 7.90. The zero-order valence-electron chi connectivity index (χ0n) is 13.3. The van der Waals surface area contributed by atoms with E-state index in [0.29, 0.717) is 6.42 Å². The third-order valence-electron chi connectivity index (χ3n) is 4.10. The van der Waals surface area contributed by atoms with E-state index in [2.05, 4.69) is 9.71 Å². The minimum atomic E-state index is -4.16. The van der Waals surface area contributed by atoms with Crippen LogP contribution in [0.4, 0.5) is 0 Å². The second-order valence-electron chi connectivity index (χ2n) is 5.91. The van der Waals surface area contributed by atoms with E-state index >= 15 is 0 Å². The molecule has 1 aliphatic rings. The maximum absolute atomic E-state index is 12.5. The van der Waals surface area contributed by atoms with E-state index in [1.165, 1.54) is 25.1 Å². The van der Waals surface area contributed by atoms with Crippen LogP contribution in [0.1, 0.15) is 35.2 Å². The van der Waals surface area contributed by atoms with Gasteiger partial charge in [0, 0.05) is 23.9 Å². The van der Waals surface area contributed by atoms with Crippen LogP contribution in [-0.2, 0) is 14.8 Å². The monoisotopic (exact) mass is 378 g/mol. The Morgan fingerprint density at radius 2 is 2.04 bits per heavy atom. The third-order valence-corrected chi connectivity index (χ3v) is 5.93. The summed E-state index contributed by atoms with van der Waals surface area (Å²) in [7, 11) is -4.16. The highest BCUT2D eigenvalue weighted by atomic mass is 35.5. The van der Waals surface area contributed by atoms with Gasteiger partial charge < -0.3 is 0 Å². The van der Waals surface area contributed by atoms with E-state index in [-0.39, 0.29) is 27.2 Å². The predicted octanol–water partition coefficient (Wildman–Crippen LogP) is 2.55. The second kappa shape index (κ2) is 6.57. The Bertz CT molecular complexity index is 944. The molecule has 0 unspecified atom stereocenters. The largest absolute Gasteiger partial charge is 0.295 e. The van der Waals surface area contributed by atoms with Crippen LogP contribution in [0.3, 0.4) is 0 Å².